The molecule has 2 amide bonds. The number of hydrogen-bond acceptors (Lipinski definition) is 3. The first-order chi connectivity index (χ1) is 13.6. The lowest BCUT2D eigenvalue weighted by Crippen LogP contribution is -2.54. The number of hydrogen-bond donors (Lipinski definition) is 1. The van der Waals surface area contributed by atoms with Crippen molar-refractivity contribution in [1.29, 1.82) is 0 Å². The van der Waals surface area contributed by atoms with Gasteiger partial charge in [0.25, 0.3) is 5.91 Å². The molecular formula is C22H24ClFN2O3. The quantitative estimate of drug-likeness (QED) is 0.761. The van der Waals surface area contributed by atoms with Crippen molar-refractivity contribution >= 4 is 29.3 Å². The minimum absolute atomic E-state index is 0.297. The van der Waals surface area contributed by atoms with Gasteiger partial charge in [0.1, 0.15) is 17.5 Å². The Labute approximate surface area is 174 Å². The molecule has 0 bridgehead atoms. The van der Waals surface area contributed by atoms with Crippen LogP contribution in [0.15, 0.2) is 42.5 Å². The summed E-state index contributed by atoms with van der Waals surface area (Å²) in [5.41, 5.74) is 1.14. The Balaban J connectivity index is 1.97. The SMILES string of the molecule is C[C@@H](c1ccccc1F)N1C(=O)[C@H](NC(=O)OC(C)(C)C)Cc2ccc(Cl)cc21. The third kappa shape index (κ3) is 4.70. The Hall–Kier alpha value is -2.60. The van der Waals surface area contributed by atoms with Gasteiger partial charge in [-0.25, -0.2) is 9.18 Å². The lowest BCUT2D eigenvalue weighted by molar-refractivity contribution is -0.121. The largest absolute Gasteiger partial charge is 0.444 e. The van der Waals surface area contributed by atoms with Crippen molar-refractivity contribution in [3.63, 3.8) is 0 Å². The molecule has 1 aliphatic rings. The van der Waals surface area contributed by atoms with Crippen LogP contribution in [0.3, 0.4) is 0 Å². The number of nitrogens with zero attached hydrogens (tertiary/aromatic N) is 1. The standard InChI is InChI=1S/C22H24ClFN2O3/c1-13(16-7-5-6-8-17(16)24)26-19-12-15(23)10-9-14(19)11-18(20(26)27)25-21(28)29-22(2,3)4/h5-10,12-13,18H,11H2,1-4H3,(H,25,28)/t13-,18+/m0/s1. The molecule has 0 saturated heterocycles. The van der Waals surface area contributed by atoms with Crippen LogP contribution in [0.5, 0.6) is 0 Å². The Morgan fingerprint density at radius 2 is 1.97 bits per heavy atom. The van der Waals surface area contributed by atoms with Crippen LogP contribution in [0.1, 0.15) is 44.9 Å². The highest BCUT2D eigenvalue weighted by atomic mass is 35.5. The molecule has 0 aliphatic carbocycles. The zero-order valence-electron chi connectivity index (χ0n) is 16.8. The topological polar surface area (TPSA) is 58.6 Å². The van der Waals surface area contributed by atoms with Crippen LogP contribution in [-0.4, -0.2) is 23.6 Å². The number of halogens is 2. The zero-order valence-corrected chi connectivity index (χ0v) is 17.6. The summed E-state index contributed by atoms with van der Waals surface area (Å²) in [7, 11) is 0. The van der Waals surface area contributed by atoms with Crippen molar-refractivity contribution in [1.82, 2.24) is 5.32 Å². The fourth-order valence-electron chi connectivity index (χ4n) is 3.44. The minimum Gasteiger partial charge on any atom is -0.444 e. The molecule has 0 fully saturated rings. The van der Waals surface area contributed by atoms with Gasteiger partial charge in [-0.1, -0.05) is 35.9 Å². The number of anilines is 1. The average Bonchev–Trinajstić information content (AvgIpc) is 2.61. The van der Waals surface area contributed by atoms with E-state index in [0.29, 0.717) is 22.7 Å². The van der Waals surface area contributed by atoms with Gasteiger partial charge >= 0.3 is 6.09 Å². The molecule has 0 spiro atoms. The number of rotatable bonds is 3. The van der Waals surface area contributed by atoms with Gasteiger partial charge in [-0.3, -0.25) is 4.79 Å². The maximum Gasteiger partial charge on any atom is 0.408 e. The molecule has 154 valence electrons. The van der Waals surface area contributed by atoms with Gasteiger partial charge < -0.3 is 15.0 Å². The van der Waals surface area contributed by atoms with E-state index in [1.165, 1.54) is 11.0 Å². The van der Waals surface area contributed by atoms with Gasteiger partial charge in [-0.15, -0.1) is 0 Å². The number of fused-ring (bicyclic) bond motifs is 1. The summed E-state index contributed by atoms with van der Waals surface area (Å²) in [6.45, 7) is 6.99. The van der Waals surface area contributed by atoms with Crippen molar-refractivity contribution in [3.05, 3.63) is 64.4 Å². The van der Waals surface area contributed by atoms with Crippen molar-refractivity contribution in [2.45, 2.75) is 51.8 Å². The van der Waals surface area contributed by atoms with Crippen molar-refractivity contribution in [2.24, 2.45) is 0 Å². The van der Waals surface area contributed by atoms with Crippen molar-refractivity contribution in [3.8, 4) is 0 Å². The lowest BCUT2D eigenvalue weighted by Gasteiger charge is -2.38. The first kappa shape index (κ1) is 21.1. The van der Waals surface area contributed by atoms with Gasteiger partial charge in [0, 0.05) is 22.7 Å². The first-order valence-electron chi connectivity index (χ1n) is 9.42. The van der Waals surface area contributed by atoms with Gasteiger partial charge in [-0.05, 0) is 51.5 Å². The number of benzene rings is 2. The fourth-order valence-corrected chi connectivity index (χ4v) is 3.61. The number of amides is 2. The van der Waals surface area contributed by atoms with Crippen LogP contribution in [0.2, 0.25) is 5.02 Å². The summed E-state index contributed by atoms with van der Waals surface area (Å²) < 4.78 is 19.7. The molecule has 2 aromatic rings. The Morgan fingerprint density at radius 3 is 2.62 bits per heavy atom. The van der Waals surface area contributed by atoms with E-state index in [2.05, 4.69) is 5.32 Å². The van der Waals surface area contributed by atoms with E-state index < -0.39 is 29.6 Å². The Bertz CT molecular complexity index is 942. The fraction of sp³-hybridized carbons (Fsp3) is 0.364. The number of ether oxygens (including phenoxy) is 1. The monoisotopic (exact) mass is 418 g/mol. The molecule has 7 heteroatoms. The van der Waals surface area contributed by atoms with Gasteiger partial charge in [0.05, 0.1) is 6.04 Å². The third-order valence-corrected chi connectivity index (χ3v) is 4.94. The molecule has 1 heterocycles. The van der Waals surface area contributed by atoms with Gasteiger partial charge in [0.2, 0.25) is 0 Å². The summed E-state index contributed by atoms with van der Waals surface area (Å²) in [6.07, 6.45) is -0.378. The number of alkyl carbamates (subject to hydrolysis) is 1. The number of carbonyl (C=O) groups is 2. The second kappa shape index (κ2) is 8.03. The summed E-state index contributed by atoms with van der Waals surface area (Å²) in [5, 5.41) is 3.13. The normalized spacial score (nSPS) is 17.5. The molecule has 1 aliphatic heterocycles. The highest BCUT2D eigenvalue weighted by Crippen LogP contribution is 2.37. The molecule has 0 saturated carbocycles. The average molecular weight is 419 g/mol. The van der Waals surface area contributed by atoms with Crippen LogP contribution >= 0.6 is 11.6 Å². The molecule has 29 heavy (non-hydrogen) atoms. The van der Waals surface area contributed by atoms with Crippen molar-refractivity contribution < 1.29 is 18.7 Å². The molecule has 0 aromatic heterocycles. The molecule has 2 aromatic carbocycles. The van der Waals surface area contributed by atoms with E-state index in [4.69, 9.17) is 16.3 Å². The Kier molecular flexibility index (Phi) is 5.85. The van der Waals surface area contributed by atoms with Crippen LogP contribution in [-0.2, 0) is 16.0 Å². The molecular weight excluding hydrogens is 395 g/mol. The highest BCUT2D eigenvalue weighted by molar-refractivity contribution is 6.31. The number of nitrogens with one attached hydrogen (secondary N) is 1. The predicted octanol–water partition coefficient (Wildman–Crippen LogP) is 5.02. The minimum atomic E-state index is -0.826. The van der Waals surface area contributed by atoms with Crippen molar-refractivity contribution in [2.75, 3.05) is 4.90 Å². The summed E-state index contributed by atoms with van der Waals surface area (Å²) in [6, 6.07) is 10.1. The van der Waals surface area contributed by atoms with Gasteiger partial charge in [-0.2, -0.15) is 0 Å². The second-order valence-corrected chi connectivity index (χ2v) is 8.52. The highest BCUT2D eigenvalue weighted by Gasteiger charge is 2.38. The lowest BCUT2D eigenvalue weighted by atomic mass is 9.94. The summed E-state index contributed by atoms with van der Waals surface area (Å²) >= 11 is 6.16. The Morgan fingerprint density at radius 1 is 1.28 bits per heavy atom. The molecule has 2 atom stereocenters. The molecule has 5 nitrogen and oxygen atoms in total. The molecule has 0 radical (unpaired) electrons. The zero-order chi connectivity index (χ0) is 21.3. The summed E-state index contributed by atoms with van der Waals surface area (Å²) in [5.74, 6) is -0.750. The number of carbonyl (C=O) groups excluding carboxylic acids is 2. The van der Waals surface area contributed by atoms with E-state index in [1.807, 2.05) is 6.07 Å². The van der Waals surface area contributed by atoms with E-state index >= 15 is 0 Å². The molecule has 3 rings (SSSR count). The maximum absolute atomic E-state index is 14.4. The van der Waals surface area contributed by atoms with Crippen LogP contribution < -0.4 is 10.2 Å². The molecule has 0 unspecified atom stereocenters. The van der Waals surface area contributed by atoms with E-state index in [1.54, 1.807) is 58.0 Å². The van der Waals surface area contributed by atoms with Crippen LogP contribution in [0.4, 0.5) is 14.9 Å². The van der Waals surface area contributed by atoms with E-state index in [0.717, 1.165) is 5.56 Å². The van der Waals surface area contributed by atoms with Gasteiger partial charge in [0.15, 0.2) is 0 Å². The molecule has 1 N–H and O–H groups in total. The second-order valence-electron chi connectivity index (χ2n) is 8.08. The maximum atomic E-state index is 14.4. The summed E-state index contributed by atoms with van der Waals surface area (Å²) in [4.78, 5) is 27.1. The predicted molar refractivity (Wildman–Crippen MR) is 111 cm³/mol. The van der Waals surface area contributed by atoms with E-state index in [9.17, 15) is 14.0 Å². The smallest absolute Gasteiger partial charge is 0.408 e. The van der Waals surface area contributed by atoms with Crippen LogP contribution in [0.25, 0.3) is 0 Å². The van der Waals surface area contributed by atoms with E-state index in [-0.39, 0.29) is 5.91 Å². The first-order valence-corrected chi connectivity index (χ1v) is 9.80. The third-order valence-electron chi connectivity index (χ3n) is 4.70. The van der Waals surface area contributed by atoms with Crippen LogP contribution in [0, 0.1) is 5.82 Å².